The maximum absolute atomic E-state index is 13.2. The normalized spacial score (nSPS) is 12.9. The molecule has 4 nitrogen and oxygen atoms in total. The van der Waals surface area contributed by atoms with E-state index in [1.165, 1.54) is 0 Å². The van der Waals surface area contributed by atoms with Crippen molar-refractivity contribution >= 4 is 17.6 Å². The van der Waals surface area contributed by atoms with Crippen LogP contribution in [0.1, 0.15) is 61.0 Å². The van der Waals surface area contributed by atoms with Crippen molar-refractivity contribution in [3.8, 4) is 0 Å². The van der Waals surface area contributed by atoms with Crippen LogP contribution in [-0.4, -0.2) is 18.0 Å². The summed E-state index contributed by atoms with van der Waals surface area (Å²) in [6.45, 7) is 8.08. The van der Waals surface area contributed by atoms with Gasteiger partial charge < -0.3 is 10.1 Å². The number of anilines is 1. The highest BCUT2D eigenvalue weighted by molar-refractivity contribution is 5.98. The molecule has 0 saturated heterocycles. The highest BCUT2D eigenvalue weighted by Gasteiger charge is 2.31. The summed E-state index contributed by atoms with van der Waals surface area (Å²) < 4.78 is 5.75. The van der Waals surface area contributed by atoms with Gasteiger partial charge in [-0.25, -0.2) is 4.79 Å². The Morgan fingerprint density at radius 2 is 1.61 bits per heavy atom. The van der Waals surface area contributed by atoms with Crippen molar-refractivity contribution in [3.05, 3.63) is 65.2 Å². The zero-order chi connectivity index (χ0) is 20.5. The lowest BCUT2D eigenvalue weighted by molar-refractivity contribution is -0.127. The van der Waals surface area contributed by atoms with Gasteiger partial charge in [0.25, 0.3) is 5.91 Å². The molecule has 1 N–H and O–H groups in total. The smallest absolute Gasteiger partial charge is 0.338 e. The predicted molar refractivity (Wildman–Crippen MR) is 113 cm³/mol. The Morgan fingerprint density at radius 3 is 2.18 bits per heavy atom. The van der Waals surface area contributed by atoms with E-state index >= 15 is 0 Å². The van der Waals surface area contributed by atoms with E-state index in [-0.39, 0.29) is 11.8 Å². The summed E-state index contributed by atoms with van der Waals surface area (Å²) in [7, 11) is 0. The van der Waals surface area contributed by atoms with Crippen molar-refractivity contribution in [2.45, 2.75) is 59.5 Å². The third-order valence-electron chi connectivity index (χ3n) is 5.11. The second kappa shape index (κ2) is 10.6. The van der Waals surface area contributed by atoms with Crippen molar-refractivity contribution in [2.75, 3.05) is 5.32 Å². The number of esters is 1. The van der Waals surface area contributed by atoms with Crippen molar-refractivity contribution in [2.24, 2.45) is 5.92 Å². The van der Waals surface area contributed by atoms with Gasteiger partial charge in [0, 0.05) is 11.6 Å². The summed E-state index contributed by atoms with van der Waals surface area (Å²) >= 11 is 0. The van der Waals surface area contributed by atoms with E-state index in [0.29, 0.717) is 5.56 Å². The number of aryl methyl sites for hydroxylation is 2. The van der Waals surface area contributed by atoms with Crippen LogP contribution < -0.4 is 5.32 Å². The Balaban J connectivity index is 2.26. The predicted octanol–water partition coefficient (Wildman–Crippen LogP) is 5.68. The number of ether oxygens (including phenoxy) is 1. The highest BCUT2D eigenvalue weighted by Crippen LogP contribution is 2.25. The van der Waals surface area contributed by atoms with Gasteiger partial charge in [0.15, 0.2) is 6.10 Å². The van der Waals surface area contributed by atoms with Crippen LogP contribution in [0, 0.1) is 19.8 Å². The summed E-state index contributed by atoms with van der Waals surface area (Å²) in [5, 5.41) is 3.01. The molecular formula is C24H31NO3. The number of nitrogens with one attached hydrogen (secondary N) is 1. The molecule has 0 fully saturated rings. The number of rotatable bonds is 9. The number of amides is 1. The first-order valence-electron chi connectivity index (χ1n) is 10.1. The molecule has 2 aromatic rings. The topological polar surface area (TPSA) is 55.4 Å². The van der Waals surface area contributed by atoms with Crippen LogP contribution in [0.15, 0.2) is 48.5 Å². The van der Waals surface area contributed by atoms with Crippen molar-refractivity contribution in [1.29, 1.82) is 0 Å². The molecule has 0 radical (unpaired) electrons. The van der Waals surface area contributed by atoms with Crippen LogP contribution >= 0.6 is 0 Å². The Kier molecular flexibility index (Phi) is 8.24. The highest BCUT2D eigenvalue weighted by atomic mass is 16.5. The molecular weight excluding hydrogens is 350 g/mol. The largest absolute Gasteiger partial charge is 0.448 e. The van der Waals surface area contributed by atoms with Gasteiger partial charge in [-0.2, -0.15) is 0 Å². The fraction of sp³-hybridized carbons (Fsp3) is 0.417. The maximum Gasteiger partial charge on any atom is 0.338 e. The summed E-state index contributed by atoms with van der Waals surface area (Å²) in [6, 6.07) is 14.7. The Bertz CT molecular complexity index is 765. The Labute approximate surface area is 168 Å². The minimum Gasteiger partial charge on any atom is -0.448 e. The second-order valence-corrected chi connectivity index (χ2v) is 7.26. The molecule has 0 aliphatic carbocycles. The molecule has 2 atom stereocenters. The number of carbonyl (C=O) groups excluding carboxylic acids is 2. The lowest BCUT2D eigenvalue weighted by atomic mass is 9.92. The molecule has 2 unspecified atom stereocenters. The van der Waals surface area contributed by atoms with Gasteiger partial charge in [-0.3, -0.25) is 4.79 Å². The molecule has 0 aromatic heterocycles. The Hall–Kier alpha value is -2.62. The summed E-state index contributed by atoms with van der Waals surface area (Å²) in [6.07, 6.45) is 2.83. The average Bonchev–Trinajstić information content (AvgIpc) is 2.70. The zero-order valence-electron chi connectivity index (χ0n) is 17.3. The van der Waals surface area contributed by atoms with Gasteiger partial charge in [-0.1, -0.05) is 63.1 Å². The lowest BCUT2D eigenvalue weighted by Crippen LogP contribution is -2.39. The van der Waals surface area contributed by atoms with Crippen LogP contribution in [0.3, 0.4) is 0 Å². The molecule has 0 saturated carbocycles. The van der Waals surface area contributed by atoms with Crippen LogP contribution in [0.2, 0.25) is 0 Å². The van der Waals surface area contributed by atoms with Gasteiger partial charge in [-0.15, -0.1) is 0 Å². The van der Waals surface area contributed by atoms with Crippen LogP contribution in [0.4, 0.5) is 5.69 Å². The second-order valence-electron chi connectivity index (χ2n) is 7.26. The monoisotopic (exact) mass is 381 g/mol. The SMILES string of the molecule is CCCCC(CC)C(OC(=O)c1ccccc1)C(=O)Nc1c(C)cccc1C. The molecule has 0 heterocycles. The summed E-state index contributed by atoms with van der Waals surface area (Å²) in [5.41, 5.74) is 3.22. The Morgan fingerprint density at radius 1 is 0.964 bits per heavy atom. The van der Waals surface area contributed by atoms with Gasteiger partial charge in [0.1, 0.15) is 0 Å². The van der Waals surface area contributed by atoms with Crippen molar-refractivity contribution < 1.29 is 14.3 Å². The third kappa shape index (κ3) is 5.69. The average molecular weight is 382 g/mol. The number of hydrogen-bond acceptors (Lipinski definition) is 3. The minimum absolute atomic E-state index is 0.0167. The van der Waals surface area contributed by atoms with E-state index in [1.807, 2.05) is 45.0 Å². The molecule has 150 valence electrons. The first kappa shape index (κ1) is 21.7. The molecule has 0 bridgehead atoms. The molecule has 28 heavy (non-hydrogen) atoms. The molecule has 0 aliphatic rings. The van der Waals surface area contributed by atoms with Crippen molar-refractivity contribution in [3.63, 3.8) is 0 Å². The molecule has 4 heteroatoms. The quantitative estimate of drug-likeness (QED) is 0.568. The molecule has 2 rings (SSSR count). The third-order valence-corrected chi connectivity index (χ3v) is 5.11. The fourth-order valence-electron chi connectivity index (χ4n) is 3.36. The van der Waals surface area contributed by atoms with Gasteiger partial charge in [0.05, 0.1) is 5.56 Å². The molecule has 1 amide bonds. The standard InChI is InChI=1S/C24H31NO3/c1-5-7-14-19(6-2)22(28-24(27)20-15-9-8-10-16-20)23(26)25-21-17(3)12-11-13-18(21)4/h8-13,15-16,19,22H,5-7,14H2,1-4H3,(H,25,26). The van der Waals surface area contributed by atoms with Crippen LogP contribution in [0.25, 0.3) is 0 Å². The number of hydrogen-bond donors (Lipinski definition) is 1. The van der Waals surface area contributed by atoms with Crippen molar-refractivity contribution in [1.82, 2.24) is 0 Å². The maximum atomic E-state index is 13.2. The number of benzene rings is 2. The molecule has 0 aliphatic heterocycles. The summed E-state index contributed by atoms with van der Waals surface area (Å²) in [5.74, 6) is -0.737. The van der Waals surface area contributed by atoms with Gasteiger partial charge in [-0.05, 0) is 49.9 Å². The fourth-order valence-corrected chi connectivity index (χ4v) is 3.36. The van der Waals surface area contributed by atoms with Gasteiger partial charge >= 0.3 is 5.97 Å². The zero-order valence-corrected chi connectivity index (χ0v) is 17.3. The number of carbonyl (C=O) groups is 2. The molecule has 2 aromatic carbocycles. The lowest BCUT2D eigenvalue weighted by Gasteiger charge is -2.26. The van der Waals surface area contributed by atoms with E-state index < -0.39 is 12.1 Å². The van der Waals surface area contributed by atoms with E-state index in [9.17, 15) is 9.59 Å². The van der Waals surface area contributed by atoms with Crippen LogP contribution in [-0.2, 0) is 9.53 Å². The van der Waals surface area contributed by atoms with Gasteiger partial charge in [0.2, 0.25) is 0 Å². The van der Waals surface area contributed by atoms with E-state index in [1.54, 1.807) is 24.3 Å². The minimum atomic E-state index is -0.816. The molecule has 0 spiro atoms. The van der Waals surface area contributed by atoms with E-state index in [2.05, 4.69) is 12.2 Å². The van der Waals surface area contributed by atoms with E-state index in [4.69, 9.17) is 4.74 Å². The summed E-state index contributed by atoms with van der Waals surface area (Å²) in [4.78, 5) is 25.8. The van der Waals surface area contributed by atoms with E-state index in [0.717, 1.165) is 42.5 Å². The number of para-hydroxylation sites is 1. The number of unbranched alkanes of at least 4 members (excludes halogenated alkanes) is 1. The first-order valence-corrected chi connectivity index (χ1v) is 10.1. The first-order chi connectivity index (χ1) is 13.5. The van der Waals surface area contributed by atoms with Crippen LogP contribution in [0.5, 0.6) is 0 Å².